The molecule has 62 heavy (non-hydrogen) atoms. The van der Waals surface area contributed by atoms with Gasteiger partial charge in [0, 0.05) is 38.2 Å². The van der Waals surface area contributed by atoms with E-state index < -0.39 is 0 Å². The van der Waals surface area contributed by atoms with Gasteiger partial charge in [-0.1, -0.05) is 158 Å². The predicted octanol–water partition coefficient (Wildman–Crippen LogP) is 15.5. The smallest absolute Gasteiger partial charge is 0.164 e. The fourth-order valence-electron chi connectivity index (χ4n) is 9.45. The summed E-state index contributed by atoms with van der Waals surface area (Å²) in [6.45, 7) is 0. The molecule has 3 heterocycles. The van der Waals surface area contributed by atoms with Crippen molar-refractivity contribution < 1.29 is 8.83 Å². The van der Waals surface area contributed by atoms with Crippen molar-refractivity contribution >= 4 is 76.2 Å². The van der Waals surface area contributed by atoms with E-state index in [1.54, 1.807) is 0 Å². The van der Waals surface area contributed by atoms with Gasteiger partial charge in [-0.25, -0.2) is 15.0 Å². The van der Waals surface area contributed by atoms with E-state index >= 15 is 0 Å². The van der Waals surface area contributed by atoms with E-state index in [2.05, 4.69) is 146 Å². The second kappa shape index (κ2) is 13.6. The number of furan rings is 2. The van der Waals surface area contributed by atoms with Crippen LogP contribution in [0.15, 0.2) is 209 Å². The molecular formula is C57H33N3O2. The highest BCUT2D eigenvalue weighted by Crippen LogP contribution is 2.43. The second-order valence-electron chi connectivity index (χ2n) is 15.9. The molecule has 0 spiro atoms. The van der Waals surface area contributed by atoms with E-state index in [0.29, 0.717) is 17.5 Å². The van der Waals surface area contributed by atoms with Crippen LogP contribution < -0.4 is 0 Å². The zero-order chi connectivity index (χ0) is 40.7. The largest absolute Gasteiger partial charge is 0.456 e. The Morgan fingerprint density at radius 1 is 0.242 bits per heavy atom. The number of hydrogen-bond donors (Lipinski definition) is 0. The van der Waals surface area contributed by atoms with Gasteiger partial charge in [-0.2, -0.15) is 0 Å². The van der Waals surface area contributed by atoms with E-state index in [0.717, 1.165) is 82.6 Å². The zero-order valence-electron chi connectivity index (χ0n) is 33.2. The number of aromatic nitrogens is 3. The molecule has 0 saturated heterocycles. The lowest BCUT2D eigenvalue weighted by Gasteiger charge is -2.13. The number of fused-ring (bicyclic) bond motifs is 12. The van der Waals surface area contributed by atoms with Crippen LogP contribution in [0.1, 0.15) is 0 Å². The number of benzene rings is 10. The van der Waals surface area contributed by atoms with Crippen molar-refractivity contribution in [3.05, 3.63) is 200 Å². The van der Waals surface area contributed by atoms with Gasteiger partial charge in [0.1, 0.15) is 22.3 Å². The third kappa shape index (κ3) is 5.38. The van der Waals surface area contributed by atoms with E-state index in [1.165, 1.54) is 32.5 Å². The van der Waals surface area contributed by atoms with Gasteiger partial charge in [0.2, 0.25) is 0 Å². The van der Waals surface area contributed by atoms with Crippen LogP contribution in [0.3, 0.4) is 0 Å². The molecule has 0 N–H and O–H groups in total. The van der Waals surface area contributed by atoms with Crippen molar-refractivity contribution in [1.29, 1.82) is 0 Å². The maximum absolute atomic E-state index is 6.58. The summed E-state index contributed by atoms with van der Waals surface area (Å²) in [6, 6.07) is 69.8. The minimum Gasteiger partial charge on any atom is -0.456 e. The Bertz CT molecular complexity index is 3890. The summed E-state index contributed by atoms with van der Waals surface area (Å²) in [5.41, 5.74) is 10.4. The average molecular weight is 792 g/mol. The molecule has 0 unspecified atom stereocenters. The summed E-state index contributed by atoms with van der Waals surface area (Å²) >= 11 is 0. The van der Waals surface area contributed by atoms with Crippen molar-refractivity contribution in [2.45, 2.75) is 0 Å². The van der Waals surface area contributed by atoms with Crippen molar-refractivity contribution in [1.82, 2.24) is 15.0 Å². The molecule has 0 bridgehead atoms. The standard InChI is InChI=1S/C57H33N3O2/c1-3-13-34(14-4-1)36-26-29-49-47(31-36)53-39(21-11-23-51(53)61-49)37-27-30-50-48(32-37)54-45(22-12-24-52(54)62-50)57-59-55(35-15-5-2-6-16-35)58-56(60-57)38-25-28-44-42-19-8-7-17-40(42)41-18-9-10-20-43(41)46(44)33-38/h1-33H. The van der Waals surface area contributed by atoms with Gasteiger partial charge in [0.15, 0.2) is 17.5 Å². The maximum atomic E-state index is 6.58. The van der Waals surface area contributed by atoms with Crippen LogP contribution in [0.5, 0.6) is 0 Å². The molecule has 5 heteroatoms. The number of nitrogens with zero attached hydrogens (tertiary/aromatic N) is 3. The Morgan fingerprint density at radius 3 is 1.34 bits per heavy atom. The van der Waals surface area contributed by atoms with E-state index in [-0.39, 0.29) is 0 Å². The van der Waals surface area contributed by atoms with Crippen LogP contribution in [0.4, 0.5) is 0 Å². The fourth-order valence-corrected chi connectivity index (χ4v) is 9.45. The fraction of sp³-hybridized carbons (Fsp3) is 0. The molecule has 0 amide bonds. The minimum atomic E-state index is 0.576. The molecule has 288 valence electrons. The first kappa shape index (κ1) is 34.5. The first-order valence-electron chi connectivity index (χ1n) is 20.8. The molecule has 13 rings (SSSR count). The molecule has 0 aliphatic heterocycles. The Kier molecular flexibility index (Phi) is 7.54. The summed E-state index contributed by atoms with van der Waals surface area (Å²) in [4.78, 5) is 15.6. The van der Waals surface area contributed by atoms with Crippen molar-refractivity contribution in [3.63, 3.8) is 0 Å². The molecule has 0 radical (unpaired) electrons. The lowest BCUT2D eigenvalue weighted by Crippen LogP contribution is -2.00. The highest BCUT2D eigenvalue weighted by molar-refractivity contribution is 6.26. The van der Waals surface area contributed by atoms with Gasteiger partial charge in [-0.3, -0.25) is 0 Å². The molecule has 10 aromatic carbocycles. The molecule has 0 atom stereocenters. The van der Waals surface area contributed by atoms with Gasteiger partial charge in [0.25, 0.3) is 0 Å². The predicted molar refractivity (Wildman–Crippen MR) is 254 cm³/mol. The van der Waals surface area contributed by atoms with Crippen molar-refractivity contribution in [2.75, 3.05) is 0 Å². The zero-order valence-corrected chi connectivity index (χ0v) is 33.2. The summed E-state index contributed by atoms with van der Waals surface area (Å²) in [5.74, 6) is 1.78. The summed E-state index contributed by atoms with van der Waals surface area (Å²) < 4.78 is 13.0. The first-order valence-corrected chi connectivity index (χ1v) is 20.8. The van der Waals surface area contributed by atoms with Gasteiger partial charge in [0.05, 0.1) is 0 Å². The first-order chi connectivity index (χ1) is 30.7. The van der Waals surface area contributed by atoms with Crippen molar-refractivity contribution in [3.8, 4) is 56.4 Å². The molecule has 0 fully saturated rings. The molecule has 0 aliphatic carbocycles. The van der Waals surface area contributed by atoms with Crippen LogP contribution in [0, 0.1) is 0 Å². The van der Waals surface area contributed by atoms with Gasteiger partial charge >= 0.3 is 0 Å². The normalized spacial score (nSPS) is 11.9. The van der Waals surface area contributed by atoms with E-state index in [9.17, 15) is 0 Å². The molecule has 0 saturated carbocycles. The van der Waals surface area contributed by atoms with Gasteiger partial charge in [-0.05, 0) is 97.0 Å². The number of rotatable bonds is 5. The summed E-state index contributed by atoms with van der Waals surface area (Å²) in [6.07, 6.45) is 0. The lowest BCUT2D eigenvalue weighted by atomic mass is 9.93. The molecule has 5 nitrogen and oxygen atoms in total. The number of hydrogen-bond acceptors (Lipinski definition) is 5. The molecule has 13 aromatic rings. The molecular weight excluding hydrogens is 759 g/mol. The van der Waals surface area contributed by atoms with Crippen LogP contribution in [0.2, 0.25) is 0 Å². The maximum Gasteiger partial charge on any atom is 0.164 e. The minimum absolute atomic E-state index is 0.576. The van der Waals surface area contributed by atoms with Crippen LogP contribution in [-0.2, 0) is 0 Å². The molecule has 3 aromatic heterocycles. The highest BCUT2D eigenvalue weighted by atomic mass is 16.3. The average Bonchev–Trinajstić information content (AvgIpc) is 3.92. The van der Waals surface area contributed by atoms with Crippen LogP contribution in [-0.4, -0.2) is 15.0 Å². The third-order valence-corrected chi connectivity index (χ3v) is 12.3. The lowest BCUT2D eigenvalue weighted by molar-refractivity contribution is 0.669. The molecule has 0 aliphatic rings. The van der Waals surface area contributed by atoms with Crippen LogP contribution >= 0.6 is 0 Å². The Balaban J connectivity index is 1.01. The van der Waals surface area contributed by atoms with Gasteiger partial charge < -0.3 is 8.83 Å². The quantitative estimate of drug-likeness (QED) is 0.162. The highest BCUT2D eigenvalue weighted by Gasteiger charge is 2.21. The Hall–Kier alpha value is -8.41. The topological polar surface area (TPSA) is 65.0 Å². The second-order valence-corrected chi connectivity index (χ2v) is 15.9. The SMILES string of the molecule is c1ccc(-c2ccc3oc4cccc(-c5ccc6oc7cccc(-c8nc(-c9ccccc9)nc(-c9ccc%10c%11ccccc%11c%11ccccc%11c%10c9)n8)c7c6c5)c4c3c2)cc1. The van der Waals surface area contributed by atoms with Crippen LogP contribution in [0.25, 0.3) is 133 Å². The Labute approximate surface area is 355 Å². The Morgan fingerprint density at radius 2 is 0.694 bits per heavy atom. The third-order valence-electron chi connectivity index (χ3n) is 12.3. The van der Waals surface area contributed by atoms with E-state index in [4.69, 9.17) is 23.8 Å². The summed E-state index contributed by atoms with van der Waals surface area (Å²) in [5, 5.41) is 11.3. The monoisotopic (exact) mass is 791 g/mol. The summed E-state index contributed by atoms with van der Waals surface area (Å²) in [7, 11) is 0. The van der Waals surface area contributed by atoms with E-state index in [1.807, 2.05) is 54.6 Å². The van der Waals surface area contributed by atoms with Crippen molar-refractivity contribution in [2.24, 2.45) is 0 Å². The van der Waals surface area contributed by atoms with Gasteiger partial charge in [-0.15, -0.1) is 0 Å².